The summed E-state index contributed by atoms with van der Waals surface area (Å²) in [6.07, 6.45) is 8.87. The molecule has 0 amide bonds. The molecule has 0 aliphatic rings. The molecule has 4 heteroatoms. The zero-order valence-corrected chi connectivity index (χ0v) is 5.73. The Morgan fingerprint density at radius 1 is 1.27 bits per heavy atom. The second-order valence-corrected chi connectivity index (χ2v) is 1.39. The van der Waals surface area contributed by atoms with E-state index in [0.29, 0.717) is 0 Å². The zero-order chi connectivity index (χ0) is 9.44. The Labute approximate surface area is 64.2 Å². The number of carbonyl (C=O) groups is 2. The molecule has 0 saturated heterocycles. The third-order valence-electron chi connectivity index (χ3n) is 0.768. The monoisotopic (exact) mass is 156 g/mol. The summed E-state index contributed by atoms with van der Waals surface area (Å²) in [7, 11) is 0. The smallest absolute Gasteiger partial charge is 0.321 e. The first-order chi connectivity index (χ1) is 5.09. The third kappa shape index (κ3) is 4.73. The van der Waals surface area contributed by atoms with Gasteiger partial charge in [-0.2, -0.15) is 0 Å². The van der Waals surface area contributed by atoms with Gasteiger partial charge in [-0.25, -0.2) is 0 Å². The molecule has 0 aromatic carbocycles. The molecule has 0 atom stereocenters. The summed E-state index contributed by atoms with van der Waals surface area (Å²) in [5, 5.41) is 16.2. The highest BCUT2D eigenvalue weighted by molar-refractivity contribution is 5.94. The third-order valence-corrected chi connectivity index (χ3v) is 0.768. The number of rotatable bonds is 3. The molecule has 0 rings (SSSR count). The van der Waals surface area contributed by atoms with Crippen molar-refractivity contribution in [1.29, 1.82) is 0 Å². The average molecular weight is 156 g/mol. The first-order valence-corrected chi connectivity index (χ1v) is 2.51. The van der Waals surface area contributed by atoms with Gasteiger partial charge in [0.25, 0.3) is 0 Å². The molecule has 4 nitrogen and oxygen atoms in total. The van der Waals surface area contributed by atoms with Crippen LogP contribution in [0, 0.1) is 18.8 Å². The highest BCUT2D eigenvalue weighted by Crippen LogP contribution is 1.96. The van der Waals surface area contributed by atoms with Crippen LogP contribution in [0.1, 0.15) is 0 Å². The van der Waals surface area contributed by atoms with Crippen molar-refractivity contribution in [1.82, 2.24) is 0 Å². The highest BCUT2D eigenvalue weighted by Gasteiger charge is 2.20. The topological polar surface area (TPSA) is 74.6 Å². The van der Waals surface area contributed by atoms with Crippen LogP contribution >= 0.6 is 0 Å². The predicted molar refractivity (Wildman–Crippen MR) is 38.8 cm³/mol. The van der Waals surface area contributed by atoms with Gasteiger partial charge in [0.2, 0.25) is 0 Å². The zero-order valence-electron chi connectivity index (χ0n) is 5.73. The minimum atomic E-state index is -1.48. The van der Waals surface area contributed by atoms with E-state index < -0.39 is 17.9 Å². The number of carboxylic acid groups (broad SMARTS) is 2. The van der Waals surface area contributed by atoms with E-state index in [0.717, 1.165) is 6.08 Å². The molecule has 0 aromatic heterocycles. The van der Waals surface area contributed by atoms with Crippen molar-refractivity contribution in [3.05, 3.63) is 12.7 Å². The van der Waals surface area contributed by atoms with E-state index in [-0.39, 0.29) is 0 Å². The number of hydrogen-bond donors (Lipinski definition) is 2. The summed E-state index contributed by atoms with van der Waals surface area (Å²) in [4.78, 5) is 19.8. The van der Waals surface area contributed by atoms with E-state index in [9.17, 15) is 9.59 Å². The minimum Gasteiger partial charge on any atom is -0.480 e. The molecule has 0 radical (unpaired) electrons. The molecular weight excluding hydrogens is 148 g/mol. The summed E-state index contributed by atoms with van der Waals surface area (Å²) in [6.45, 7) is 3.04. The molecule has 0 aliphatic heterocycles. The summed E-state index contributed by atoms with van der Waals surface area (Å²) in [5.41, 5.74) is 0. The van der Waals surface area contributed by atoms with E-state index in [4.69, 9.17) is 10.2 Å². The number of aliphatic carboxylic acids is 2. The molecule has 0 aliphatic carbocycles. The molecule has 0 saturated carbocycles. The maximum absolute atomic E-state index is 9.92. The standard InChI is InChI=1S/C5H6O4.C2H2/c1-2-3(4(6)7)5(8)9;1-2/h2-3H,1H2,(H,6,7)(H,8,9);1-2H. The number of terminal acetylenes is 1. The van der Waals surface area contributed by atoms with Gasteiger partial charge in [0.1, 0.15) is 0 Å². The van der Waals surface area contributed by atoms with E-state index in [1.807, 2.05) is 0 Å². The lowest BCUT2D eigenvalue weighted by Gasteiger charge is -1.96. The van der Waals surface area contributed by atoms with E-state index in [2.05, 4.69) is 19.4 Å². The highest BCUT2D eigenvalue weighted by atomic mass is 16.4. The van der Waals surface area contributed by atoms with Crippen molar-refractivity contribution < 1.29 is 19.8 Å². The van der Waals surface area contributed by atoms with Gasteiger partial charge in [-0.05, 0) is 0 Å². The van der Waals surface area contributed by atoms with Gasteiger partial charge in [-0.15, -0.1) is 19.4 Å². The van der Waals surface area contributed by atoms with Gasteiger partial charge in [-0.3, -0.25) is 9.59 Å². The van der Waals surface area contributed by atoms with Crippen molar-refractivity contribution in [3.8, 4) is 12.8 Å². The first-order valence-electron chi connectivity index (χ1n) is 2.51. The maximum Gasteiger partial charge on any atom is 0.321 e. The molecule has 0 spiro atoms. The molecule has 2 N–H and O–H groups in total. The van der Waals surface area contributed by atoms with Gasteiger partial charge in [0, 0.05) is 0 Å². The van der Waals surface area contributed by atoms with Crippen LogP contribution in [0.2, 0.25) is 0 Å². The maximum atomic E-state index is 9.92. The second kappa shape index (κ2) is 6.36. The Morgan fingerprint density at radius 3 is 1.55 bits per heavy atom. The lowest BCUT2D eigenvalue weighted by Crippen LogP contribution is -2.20. The van der Waals surface area contributed by atoms with Gasteiger partial charge in [-0.1, -0.05) is 6.08 Å². The Hall–Kier alpha value is -1.76. The van der Waals surface area contributed by atoms with Crippen molar-refractivity contribution in [2.75, 3.05) is 0 Å². The fourth-order valence-corrected chi connectivity index (χ4v) is 0.307. The minimum absolute atomic E-state index is 0.866. The number of hydrogen-bond acceptors (Lipinski definition) is 2. The molecule has 0 heterocycles. The largest absolute Gasteiger partial charge is 0.480 e. The van der Waals surface area contributed by atoms with Crippen molar-refractivity contribution in [2.45, 2.75) is 0 Å². The molecular formula is C7H8O4. The SMILES string of the molecule is C#C.C=CC(C(=O)O)C(=O)O. The van der Waals surface area contributed by atoms with Crippen LogP contribution in [0.3, 0.4) is 0 Å². The van der Waals surface area contributed by atoms with E-state index in [1.54, 1.807) is 0 Å². The molecule has 0 fully saturated rings. The Bertz CT molecular complexity index is 166. The van der Waals surface area contributed by atoms with Crippen LogP contribution in [0.5, 0.6) is 0 Å². The predicted octanol–water partition coefficient (Wildman–Crippen LogP) is 0.207. The van der Waals surface area contributed by atoms with Crippen LogP contribution in [-0.2, 0) is 9.59 Å². The molecule has 60 valence electrons. The summed E-state index contributed by atoms with van der Waals surface area (Å²) < 4.78 is 0. The lowest BCUT2D eigenvalue weighted by molar-refractivity contribution is -0.151. The van der Waals surface area contributed by atoms with Crippen LogP contribution < -0.4 is 0 Å². The normalized spacial score (nSPS) is 7.55. The van der Waals surface area contributed by atoms with Gasteiger partial charge in [0.15, 0.2) is 5.92 Å². The Balaban J connectivity index is 0. The summed E-state index contributed by atoms with van der Waals surface area (Å²) in [5.74, 6) is -4.26. The average Bonchev–Trinajstić information content (AvgIpc) is 1.91. The first kappa shape index (κ1) is 12.0. The van der Waals surface area contributed by atoms with Crippen molar-refractivity contribution in [2.24, 2.45) is 5.92 Å². The molecule has 0 unspecified atom stereocenters. The van der Waals surface area contributed by atoms with E-state index in [1.165, 1.54) is 0 Å². The van der Waals surface area contributed by atoms with Gasteiger partial charge < -0.3 is 10.2 Å². The number of carboxylic acids is 2. The Kier molecular flexibility index (Phi) is 6.92. The quantitative estimate of drug-likeness (QED) is 0.348. The Morgan fingerprint density at radius 2 is 1.55 bits per heavy atom. The lowest BCUT2D eigenvalue weighted by atomic mass is 10.1. The van der Waals surface area contributed by atoms with Crippen LogP contribution in [-0.4, -0.2) is 22.2 Å². The second-order valence-electron chi connectivity index (χ2n) is 1.39. The molecule has 0 bridgehead atoms. The van der Waals surface area contributed by atoms with E-state index >= 15 is 0 Å². The van der Waals surface area contributed by atoms with Crippen LogP contribution in [0.15, 0.2) is 12.7 Å². The van der Waals surface area contributed by atoms with Crippen LogP contribution in [0.25, 0.3) is 0 Å². The van der Waals surface area contributed by atoms with Crippen molar-refractivity contribution >= 4 is 11.9 Å². The summed E-state index contributed by atoms with van der Waals surface area (Å²) >= 11 is 0. The van der Waals surface area contributed by atoms with Gasteiger partial charge in [0.05, 0.1) is 0 Å². The fourth-order valence-electron chi connectivity index (χ4n) is 0.307. The molecule has 11 heavy (non-hydrogen) atoms. The molecule has 0 aromatic rings. The fraction of sp³-hybridized carbons (Fsp3) is 0.143. The van der Waals surface area contributed by atoms with Crippen LogP contribution in [0.4, 0.5) is 0 Å². The van der Waals surface area contributed by atoms with Gasteiger partial charge >= 0.3 is 11.9 Å². The van der Waals surface area contributed by atoms with Crippen molar-refractivity contribution in [3.63, 3.8) is 0 Å². The summed E-state index contributed by atoms with van der Waals surface area (Å²) in [6, 6.07) is 0.